The molecule has 1 saturated carbocycles. The van der Waals surface area contributed by atoms with E-state index in [9.17, 15) is 32.3 Å². The van der Waals surface area contributed by atoms with Crippen molar-refractivity contribution in [2.24, 2.45) is 18.7 Å². The van der Waals surface area contributed by atoms with Crippen molar-refractivity contribution in [1.29, 1.82) is 0 Å². The fraction of sp³-hybridized carbons (Fsp3) is 0.250. The monoisotopic (exact) mass is 590 g/mol. The summed E-state index contributed by atoms with van der Waals surface area (Å²) in [6.07, 6.45) is -4.51. The molecule has 4 N–H and O–H groups in total. The average molecular weight is 591 g/mol. The van der Waals surface area contributed by atoms with Crippen LogP contribution in [0, 0.1) is 17.6 Å². The quantitative estimate of drug-likeness (QED) is 0.264. The van der Waals surface area contributed by atoms with Gasteiger partial charge in [-0.2, -0.15) is 18.3 Å². The maximum Gasteiger partial charge on any atom is 0.416 e. The number of hydrogen-bond donors (Lipinski definition) is 3. The maximum atomic E-state index is 15.8. The number of rotatable bonds is 5. The van der Waals surface area contributed by atoms with Gasteiger partial charge in [0.15, 0.2) is 0 Å². The van der Waals surface area contributed by atoms with Crippen LogP contribution in [0.5, 0.6) is 0 Å². The van der Waals surface area contributed by atoms with E-state index in [1.165, 1.54) is 16.8 Å². The molecule has 2 unspecified atom stereocenters. The third kappa shape index (κ3) is 4.32. The Labute approximate surface area is 233 Å². The summed E-state index contributed by atoms with van der Waals surface area (Å²) in [4.78, 5) is 25.9. The maximum absolute atomic E-state index is 15.8. The van der Waals surface area contributed by atoms with Crippen molar-refractivity contribution in [1.82, 2.24) is 15.1 Å². The topological polar surface area (TPSA) is 110 Å². The number of primary amides is 1. The lowest BCUT2D eigenvalue weighted by molar-refractivity contribution is -0.137. The van der Waals surface area contributed by atoms with Gasteiger partial charge in [-0.05, 0) is 60.7 Å². The second-order valence-electron chi connectivity index (χ2n) is 10.2. The third-order valence-corrected chi connectivity index (χ3v) is 7.92. The molecule has 0 saturated heterocycles. The van der Waals surface area contributed by atoms with Gasteiger partial charge >= 0.3 is 6.18 Å². The molecular formula is C28H20ClF5N4O3. The summed E-state index contributed by atoms with van der Waals surface area (Å²) >= 11 is 6.36. The Morgan fingerprint density at radius 1 is 1.17 bits per heavy atom. The number of aliphatic hydroxyl groups is 1. The predicted molar refractivity (Wildman–Crippen MR) is 138 cm³/mol. The number of nitrogens with one attached hydrogen (secondary N) is 1. The minimum Gasteiger partial charge on any atom is -0.387 e. The third-order valence-electron chi connectivity index (χ3n) is 7.58. The molecule has 41 heavy (non-hydrogen) atoms. The minimum absolute atomic E-state index is 0.0155. The number of aryl methyl sites for hydroxylation is 1. The molecule has 13 heteroatoms. The molecule has 4 aromatic rings. The Bertz CT molecular complexity index is 1800. The van der Waals surface area contributed by atoms with Crippen LogP contribution in [-0.4, -0.2) is 26.7 Å². The number of amides is 2. The van der Waals surface area contributed by atoms with Crippen LogP contribution >= 0.6 is 11.6 Å². The van der Waals surface area contributed by atoms with Crippen LogP contribution in [0.1, 0.15) is 68.1 Å². The van der Waals surface area contributed by atoms with Gasteiger partial charge in [0, 0.05) is 34.1 Å². The summed E-state index contributed by atoms with van der Waals surface area (Å²) in [5, 5.41) is 18.4. The summed E-state index contributed by atoms with van der Waals surface area (Å²) in [6, 6.07) is 4.26. The molecule has 2 atom stereocenters. The van der Waals surface area contributed by atoms with Gasteiger partial charge in [-0.3, -0.25) is 14.3 Å². The molecular weight excluding hydrogens is 571 g/mol. The summed E-state index contributed by atoms with van der Waals surface area (Å²) in [5.74, 6) is -4.24. The Kier molecular flexibility index (Phi) is 6.12. The van der Waals surface area contributed by atoms with Crippen molar-refractivity contribution in [3.05, 3.63) is 86.6 Å². The smallest absolute Gasteiger partial charge is 0.387 e. The molecule has 6 rings (SSSR count). The van der Waals surface area contributed by atoms with Gasteiger partial charge in [-0.15, -0.1) is 0 Å². The van der Waals surface area contributed by atoms with Gasteiger partial charge in [-0.1, -0.05) is 11.6 Å². The van der Waals surface area contributed by atoms with E-state index in [4.69, 9.17) is 17.3 Å². The largest absolute Gasteiger partial charge is 0.416 e. The molecule has 0 radical (unpaired) electrons. The number of fused-ring (bicyclic) bond motifs is 3. The Morgan fingerprint density at radius 3 is 2.51 bits per heavy atom. The van der Waals surface area contributed by atoms with Crippen LogP contribution in [0.3, 0.4) is 0 Å². The molecule has 2 aliphatic rings. The van der Waals surface area contributed by atoms with Crippen molar-refractivity contribution >= 4 is 34.3 Å². The van der Waals surface area contributed by atoms with Crippen LogP contribution in [0.25, 0.3) is 22.0 Å². The highest BCUT2D eigenvalue weighted by Crippen LogP contribution is 2.49. The summed E-state index contributed by atoms with van der Waals surface area (Å²) in [5.41, 5.74) is 2.94. The molecule has 2 heterocycles. The van der Waals surface area contributed by atoms with Crippen LogP contribution < -0.4 is 11.1 Å². The standard InChI is InChI=1S/C28H20ClF5N4O3/c1-38-24(25(39)10-2-3-10)16-9-14(19-15(26(35)40)6-11(7-18(19)31)28(32,33)34)20-21(23(16)37-38)27(41)36-22(20)13-8-12(30)4-5-17(13)29/h4-10,22,25,39H,2-3H2,1H3,(H2,35,40)(H,36,41). The number of nitrogens with zero attached hydrogens (tertiary/aromatic N) is 2. The van der Waals surface area contributed by atoms with E-state index in [1.807, 2.05) is 0 Å². The highest BCUT2D eigenvalue weighted by Gasteiger charge is 2.41. The van der Waals surface area contributed by atoms with E-state index in [0.717, 1.165) is 25.0 Å². The zero-order valence-corrected chi connectivity index (χ0v) is 21.9. The van der Waals surface area contributed by atoms with Crippen molar-refractivity contribution in [3.63, 3.8) is 0 Å². The number of halogens is 6. The highest BCUT2D eigenvalue weighted by molar-refractivity contribution is 6.31. The number of alkyl halides is 3. The minimum atomic E-state index is -4.99. The molecule has 0 bridgehead atoms. The lowest BCUT2D eigenvalue weighted by Gasteiger charge is -2.20. The SMILES string of the molecule is Cn1nc2c3c(c(-c4c(F)cc(C(F)(F)F)cc4C(N)=O)cc2c1C(O)C1CC1)C(c1cc(F)ccc1Cl)NC3=O. The van der Waals surface area contributed by atoms with Crippen LogP contribution in [0.2, 0.25) is 5.02 Å². The lowest BCUT2D eigenvalue weighted by Crippen LogP contribution is -2.21. The molecule has 1 aliphatic heterocycles. The molecule has 1 aliphatic carbocycles. The normalized spacial score (nSPS) is 17.6. The van der Waals surface area contributed by atoms with Gasteiger partial charge in [0.2, 0.25) is 5.91 Å². The molecule has 7 nitrogen and oxygen atoms in total. The van der Waals surface area contributed by atoms with Gasteiger partial charge in [0.25, 0.3) is 5.91 Å². The number of aromatic nitrogens is 2. The summed E-state index contributed by atoms with van der Waals surface area (Å²) in [7, 11) is 1.55. The first-order chi connectivity index (χ1) is 19.3. The van der Waals surface area contributed by atoms with Crippen molar-refractivity contribution < 1.29 is 36.6 Å². The van der Waals surface area contributed by atoms with E-state index in [2.05, 4.69) is 10.4 Å². The number of carbonyl (C=O) groups excluding carboxylic acids is 2. The number of nitrogens with two attached hydrogens (primary N) is 1. The lowest BCUT2D eigenvalue weighted by atomic mass is 9.85. The predicted octanol–water partition coefficient (Wildman–Crippen LogP) is 5.57. The molecule has 1 fully saturated rings. The molecule has 3 aromatic carbocycles. The Balaban J connectivity index is 1.75. The highest BCUT2D eigenvalue weighted by atomic mass is 35.5. The van der Waals surface area contributed by atoms with Gasteiger partial charge in [-0.25, -0.2) is 8.78 Å². The first-order valence-corrected chi connectivity index (χ1v) is 12.8. The Hall–Kier alpha value is -4.03. The second-order valence-corrected chi connectivity index (χ2v) is 10.6. The fourth-order valence-corrected chi connectivity index (χ4v) is 5.80. The number of hydrogen-bond acceptors (Lipinski definition) is 4. The fourth-order valence-electron chi connectivity index (χ4n) is 5.57. The van der Waals surface area contributed by atoms with E-state index in [0.29, 0.717) is 11.8 Å². The van der Waals surface area contributed by atoms with Crippen LogP contribution in [-0.2, 0) is 13.2 Å². The summed E-state index contributed by atoms with van der Waals surface area (Å²) < 4.78 is 72.1. The van der Waals surface area contributed by atoms with E-state index in [-0.39, 0.29) is 50.2 Å². The molecule has 1 aromatic heterocycles. The number of benzene rings is 3. The first kappa shape index (κ1) is 27.2. The number of aliphatic hydroxyl groups excluding tert-OH is 1. The van der Waals surface area contributed by atoms with Crippen LogP contribution in [0.15, 0.2) is 36.4 Å². The Morgan fingerprint density at radius 2 is 1.88 bits per heavy atom. The first-order valence-electron chi connectivity index (χ1n) is 12.5. The average Bonchev–Trinajstić information content (AvgIpc) is 3.61. The molecule has 0 spiro atoms. The number of carbonyl (C=O) groups is 2. The van der Waals surface area contributed by atoms with Crippen LogP contribution in [0.4, 0.5) is 22.0 Å². The van der Waals surface area contributed by atoms with Crippen molar-refractivity contribution in [2.75, 3.05) is 0 Å². The molecule has 2 amide bonds. The van der Waals surface area contributed by atoms with E-state index >= 15 is 4.39 Å². The van der Waals surface area contributed by atoms with Gasteiger partial charge < -0.3 is 16.2 Å². The zero-order chi connectivity index (χ0) is 29.5. The van der Waals surface area contributed by atoms with E-state index in [1.54, 1.807) is 7.05 Å². The zero-order valence-electron chi connectivity index (χ0n) is 21.1. The second kappa shape index (κ2) is 9.25. The van der Waals surface area contributed by atoms with Gasteiger partial charge in [0.1, 0.15) is 17.2 Å². The van der Waals surface area contributed by atoms with E-state index < -0.39 is 58.5 Å². The van der Waals surface area contributed by atoms with Crippen molar-refractivity contribution in [3.8, 4) is 11.1 Å². The van der Waals surface area contributed by atoms with Gasteiger partial charge in [0.05, 0.1) is 34.5 Å². The summed E-state index contributed by atoms with van der Waals surface area (Å²) in [6.45, 7) is 0. The molecule has 212 valence electrons. The van der Waals surface area contributed by atoms with Crippen molar-refractivity contribution in [2.45, 2.75) is 31.2 Å².